The zero-order valence-electron chi connectivity index (χ0n) is 58.7. The van der Waals surface area contributed by atoms with E-state index in [4.69, 9.17) is 71.1 Å². The molecule has 25 unspecified atom stereocenters. The maximum Gasteiger partial charge on any atom is 1.00 e. The summed E-state index contributed by atoms with van der Waals surface area (Å²) in [6.07, 6.45) is -72.3. The largest absolute Gasteiger partial charge is 1.00 e. The van der Waals surface area contributed by atoms with Gasteiger partial charge in [-0.05, 0) is 0 Å². The third-order valence-electron chi connectivity index (χ3n) is 13.5. The molecule has 0 aromatic heterocycles. The van der Waals surface area contributed by atoms with Gasteiger partial charge in [-0.2, -0.15) is 0 Å². The molecule has 0 aromatic carbocycles. The summed E-state index contributed by atoms with van der Waals surface area (Å²) in [7, 11) is -52.8. The van der Waals surface area contributed by atoms with Crippen LogP contribution in [0.5, 0.6) is 0 Å². The molecule has 55 nitrogen and oxygen atoms in total. The Hall–Kier alpha value is 6.17. The monoisotopic (exact) mass is 1860 g/mol. The molecule has 0 spiro atoms. The van der Waals surface area contributed by atoms with Gasteiger partial charge < -0.3 is 132 Å². The van der Waals surface area contributed by atoms with E-state index >= 15 is 0 Å². The van der Waals surface area contributed by atoms with Crippen molar-refractivity contribution in [2.45, 2.75) is 154 Å². The van der Waals surface area contributed by atoms with Crippen LogP contribution in [0.4, 0.5) is 0 Å². The van der Waals surface area contributed by atoms with Crippen molar-refractivity contribution in [3.05, 3.63) is 0 Å². The molecular weight excluding hydrogens is 1810 g/mol. The molecule has 73 heteroatoms. The van der Waals surface area contributed by atoms with Crippen LogP contribution in [-0.4, -0.2) is 345 Å². The number of hydrogen-bond donors (Lipinski definition) is 0. The van der Waals surface area contributed by atoms with Gasteiger partial charge in [0.15, 0.2) is 55.9 Å². The second kappa shape index (κ2) is 51.7. The Balaban J connectivity index is -0.00000401. The number of rotatable bonds is 37. The van der Waals surface area contributed by atoms with E-state index in [9.17, 15) is 137 Å². The molecule has 109 heavy (non-hydrogen) atoms. The molecule has 5 aliphatic rings. The Kier molecular flexibility index (Phi) is 58.7. The van der Waals surface area contributed by atoms with Crippen molar-refractivity contribution < 1.29 is 511 Å². The Bertz CT molecular complexity index is 3900. The molecule has 0 bridgehead atoms. The van der Waals surface area contributed by atoms with Crippen LogP contribution in [0.3, 0.4) is 0 Å². The van der Waals surface area contributed by atoms with Crippen LogP contribution >= 0.6 is 0 Å². The Morgan fingerprint density at radius 1 is 0.248 bits per heavy atom. The zero-order chi connectivity index (χ0) is 76.2. The van der Waals surface area contributed by atoms with E-state index in [0.29, 0.717) is 28.4 Å². The topological polar surface area (TPSA) is 817 Å². The summed E-state index contributed by atoms with van der Waals surface area (Å²) in [5, 5.41) is 26.3. The van der Waals surface area contributed by atoms with Gasteiger partial charge in [0.1, 0.15) is 97.7 Å². The molecule has 0 aliphatic carbocycles. The summed E-state index contributed by atoms with van der Waals surface area (Å²) in [6.45, 7) is -5.38. The number of aliphatic carboxylic acids is 2. The molecule has 0 amide bonds. The smallest absolute Gasteiger partial charge is 0.726 e. The van der Waals surface area contributed by atoms with E-state index < -0.39 is 279 Å². The van der Waals surface area contributed by atoms with Crippen molar-refractivity contribution in [1.82, 2.24) is 0 Å². The third kappa shape index (κ3) is 39.7. The van der Waals surface area contributed by atoms with Gasteiger partial charge in [-0.1, -0.05) is 0 Å². The van der Waals surface area contributed by atoms with E-state index in [1.165, 1.54) is 0 Å². The molecule has 5 heterocycles. The minimum absolute atomic E-state index is 0. The summed E-state index contributed by atoms with van der Waals surface area (Å²) in [5.74, 6) is -5.40. The quantitative estimate of drug-likeness (QED) is 0.0317. The molecule has 5 saturated heterocycles. The van der Waals surface area contributed by atoms with Crippen LogP contribution in [0.2, 0.25) is 0 Å². The average Bonchev–Trinajstić information content (AvgIpc) is 0.759. The minimum atomic E-state index is -6.71. The fourth-order valence-corrected chi connectivity index (χ4v) is 13.9. The van der Waals surface area contributed by atoms with E-state index in [2.05, 4.69) is 37.6 Å². The fourth-order valence-electron chi connectivity index (χ4n) is 10.1. The number of ether oxygens (including phenoxy) is 15. The second-order valence-corrected chi connectivity index (χ2v) is 28.9. The first-order valence-corrected chi connectivity index (χ1v) is 37.7. The maximum atomic E-state index is 13.2. The van der Waals surface area contributed by atoms with Gasteiger partial charge >= 0.3 is 266 Å². The van der Waals surface area contributed by atoms with Crippen LogP contribution in [0.25, 0.3) is 0 Å². The van der Waals surface area contributed by atoms with Gasteiger partial charge in [-0.25, -0.2) is 75.8 Å². The minimum Gasteiger partial charge on any atom is -0.726 e. The average molecular weight is 1860 g/mol. The molecule has 25 atom stereocenters. The number of carbonyl (C=O) groups is 2. The van der Waals surface area contributed by atoms with E-state index in [-0.39, 0.29) is 266 Å². The molecule has 5 aliphatic heterocycles. The number of carboxylic acids is 2. The molecule has 0 N–H and O–H groups in total. The fraction of sp³-hybridized carbons (Fsp3) is 0.944. The van der Waals surface area contributed by atoms with E-state index in [1.54, 1.807) is 0 Å². The number of carbonyl (C=O) groups excluding carboxylic acids is 2. The molecule has 0 aromatic rings. The van der Waals surface area contributed by atoms with Gasteiger partial charge in [0, 0.05) is 42.7 Å². The SMILES string of the molecule is COC1OC(COS(=O)(=O)[O-])C(OC2OC(C(=O)[O-])C(OC3OC(COS(=O)(=O)[O-])C(OC4OC(C(=O)[O-])C(OC5OC(COS(=O)(=O)[O-])C(OC)C(OC)C5OS(=O)(=O)[O-])C(OC)C4OC)C(OS(=O)(=O)[O-])C3OS(=O)(=O)[O-])C(OC)C2OS(=O)(=O)[O-])C(OS(=O)(=O)[O-])C1OS(=O)(=O)[O-].[Na+].[Na+].[Na+].[Na+].[Na+].[Na+].[Na+].[Na+].[Na+]. The van der Waals surface area contributed by atoms with E-state index in [1.807, 2.05) is 0 Å². The van der Waals surface area contributed by atoms with Gasteiger partial charge in [0.25, 0.3) is 0 Å². The third-order valence-corrected chi connectivity index (χ3v) is 17.5. The standard InChI is InChI=1S/C36H60O55S9.9Na/c1-68-13-10(7-74-92(41,42)43)78-34(26(16(13)69-2)88-97(56,57)58)82-19-17(70-3)25(72-5)33(84-23(19)30(37)38)80-15-12(9-76-94(47,48)49)79-35(29(91-100(65,66)67)22(15)87-96(53,54)55)83-20-18(71-4)27(89-98(59,60)61)36(85-24(20)31(39)40)81-14-11(8-75-93(44,45)46)77-32(73-6)28(90-99(62,63)64)21(14)86-95(50,51)52;;;;;;;;;/h10-29,32-36H,7-9H2,1-6H3,(H,37,38)(H,39,40)(H,41,42,43)(H,44,45,46)(H,47,48,49)(H,50,51,52)(H,53,54,55)(H,56,57,58)(H,59,60,61)(H,62,63,64)(H,65,66,67);;;;;;;;;/q;9*+1/p-11. The number of hydrogen-bond acceptors (Lipinski definition) is 55. The van der Waals surface area contributed by atoms with Crippen molar-refractivity contribution in [2.24, 2.45) is 0 Å². The van der Waals surface area contributed by atoms with Crippen LogP contribution < -0.4 is 276 Å². The molecule has 0 radical (unpaired) electrons. The Morgan fingerprint density at radius 3 is 0.697 bits per heavy atom. The summed E-state index contributed by atoms with van der Waals surface area (Å²) in [4.78, 5) is 26.3. The van der Waals surface area contributed by atoms with Gasteiger partial charge in [-0.3, -0.25) is 37.6 Å². The maximum absolute atomic E-state index is 13.2. The van der Waals surface area contributed by atoms with Crippen LogP contribution in [-0.2, 0) is 212 Å². The van der Waals surface area contributed by atoms with Crippen molar-refractivity contribution in [3.63, 3.8) is 0 Å². The van der Waals surface area contributed by atoms with Gasteiger partial charge in [0.2, 0.25) is 93.6 Å². The first-order chi connectivity index (χ1) is 45.5. The molecule has 5 rings (SSSR count). The second-order valence-electron chi connectivity index (χ2n) is 19.6. The predicted octanol–water partition coefficient (Wildman–Crippen LogP) is -42.1. The van der Waals surface area contributed by atoms with Crippen molar-refractivity contribution >= 4 is 106 Å². The summed E-state index contributed by atoms with van der Waals surface area (Å²) >= 11 is 0. The predicted molar refractivity (Wildman–Crippen MR) is 268 cm³/mol. The van der Waals surface area contributed by atoms with Crippen LogP contribution in [0.15, 0.2) is 0 Å². The summed E-state index contributed by atoms with van der Waals surface area (Å²) in [6, 6.07) is 0. The van der Waals surface area contributed by atoms with Gasteiger partial charge in [-0.15, -0.1) is 0 Å². The summed E-state index contributed by atoms with van der Waals surface area (Å²) < 4.78 is 446. The zero-order valence-corrected chi connectivity index (χ0v) is 84.0. The molecule has 0 saturated carbocycles. The van der Waals surface area contributed by atoms with Crippen LogP contribution in [0, 0.1) is 0 Å². The van der Waals surface area contributed by atoms with Crippen molar-refractivity contribution in [3.8, 4) is 0 Å². The van der Waals surface area contributed by atoms with E-state index in [0.717, 1.165) is 14.2 Å². The Labute approximate surface area is 819 Å². The van der Waals surface area contributed by atoms with Crippen molar-refractivity contribution in [2.75, 3.05) is 62.5 Å². The van der Waals surface area contributed by atoms with Crippen molar-refractivity contribution in [1.29, 1.82) is 0 Å². The molecular formula is C36H49Na9O55S9-2. The Morgan fingerprint density at radius 2 is 0.450 bits per heavy atom. The first kappa shape index (κ1) is 124. The number of carboxylic acid groups (broad SMARTS) is 2. The number of methoxy groups -OCH3 is 6. The van der Waals surface area contributed by atoms with Crippen LogP contribution in [0.1, 0.15) is 0 Å². The molecule has 5 fully saturated rings. The molecule has 588 valence electrons. The normalized spacial score (nSPS) is 33.4. The van der Waals surface area contributed by atoms with Gasteiger partial charge in [0.05, 0.1) is 31.8 Å². The first-order valence-electron chi connectivity index (χ1n) is 25.7. The summed E-state index contributed by atoms with van der Waals surface area (Å²) in [5.41, 5.74) is 0.